The topological polar surface area (TPSA) is 120 Å². The number of amides is 1. The number of aromatic nitrogens is 4. The smallest absolute Gasteiger partial charge is 0.286 e. The summed E-state index contributed by atoms with van der Waals surface area (Å²) in [6.45, 7) is 6.85. The Morgan fingerprint density at radius 3 is 2.31 bits per heavy atom. The van der Waals surface area contributed by atoms with E-state index in [9.17, 15) is 18.8 Å². The van der Waals surface area contributed by atoms with Crippen molar-refractivity contribution >= 4 is 22.6 Å². The summed E-state index contributed by atoms with van der Waals surface area (Å²) in [5, 5.41) is 11.2. The summed E-state index contributed by atoms with van der Waals surface area (Å²) < 4.78 is 20.5. The molecule has 0 saturated carbocycles. The predicted octanol–water partition coefficient (Wildman–Crippen LogP) is 4.94. The molecule has 9 nitrogen and oxygen atoms in total. The van der Waals surface area contributed by atoms with Gasteiger partial charge in [0.05, 0.1) is 22.4 Å². The molecule has 1 unspecified atom stereocenters. The van der Waals surface area contributed by atoms with Crippen LogP contribution in [-0.4, -0.2) is 37.5 Å². The third kappa shape index (κ3) is 5.60. The van der Waals surface area contributed by atoms with E-state index in [1.54, 1.807) is 50.2 Å². The van der Waals surface area contributed by atoms with E-state index in [1.807, 2.05) is 44.2 Å². The zero-order chi connectivity index (χ0) is 30.0. The molecule has 3 aromatic carbocycles. The van der Waals surface area contributed by atoms with Gasteiger partial charge in [0, 0.05) is 5.56 Å². The zero-order valence-corrected chi connectivity index (χ0v) is 23.7. The lowest BCUT2D eigenvalue weighted by Crippen LogP contribution is -2.46. The minimum Gasteiger partial charge on any atom is -0.417 e. The largest absolute Gasteiger partial charge is 0.417 e. The standard InChI is InChI=1S/C32H30FN5O4/c1-19(2)26(27(40)29-36-37-31(42-29)32(3,4)21-14-16-22(33)17-15-21)35-25(39)18-38-28(20-10-6-5-7-11-20)34-24-13-9-8-12-23(24)30(38)41/h5-17,19,26H,18H2,1-4H3,(H,35,39). The molecular weight excluding hydrogens is 537 g/mol. The Kier molecular flexibility index (Phi) is 7.80. The van der Waals surface area contributed by atoms with Crippen LogP contribution in [-0.2, 0) is 16.8 Å². The summed E-state index contributed by atoms with van der Waals surface area (Å²) >= 11 is 0. The Labute approximate surface area is 241 Å². The second kappa shape index (κ2) is 11.5. The maximum absolute atomic E-state index is 13.5. The number of halogens is 1. The van der Waals surface area contributed by atoms with Gasteiger partial charge in [-0.3, -0.25) is 19.0 Å². The van der Waals surface area contributed by atoms with Gasteiger partial charge in [0.25, 0.3) is 11.4 Å². The highest BCUT2D eigenvalue weighted by Gasteiger charge is 2.34. The lowest BCUT2D eigenvalue weighted by Gasteiger charge is -2.21. The van der Waals surface area contributed by atoms with Crippen molar-refractivity contribution in [3.05, 3.63) is 112 Å². The quantitative estimate of drug-likeness (QED) is 0.251. The molecule has 1 N–H and O–H groups in total. The Bertz CT molecular complexity index is 1810. The molecule has 0 fully saturated rings. The van der Waals surface area contributed by atoms with Gasteiger partial charge < -0.3 is 9.73 Å². The zero-order valence-electron chi connectivity index (χ0n) is 23.7. The SMILES string of the molecule is CC(C)C(NC(=O)Cn1c(-c2ccccc2)nc2ccccc2c1=O)C(=O)c1nnc(C(C)(C)c2ccc(F)cc2)o1. The maximum Gasteiger partial charge on any atom is 0.286 e. The normalized spacial score (nSPS) is 12.4. The fraction of sp³-hybridized carbons (Fsp3) is 0.250. The number of carbonyl (C=O) groups excluding carboxylic acids is 2. The third-order valence-electron chi connectivity index (χ3n) is 7.20. The summed E-state index contributed by atoms with van der Waals surface area (Å²) in [6, 6.07) is 21.0. The molecule has 0 spiro atoms. The molecule has 0 saturated heterocycles. The number of Topliss-reactive ketones (excluding diaryl/α,β-unsaturated/α-hetero) is 1. The number of ketones is 1. The first-order chi connectivity index (χ1) is 20.1. The van der Waals surface area contributed by atoms with Crippen molar-refractivity contribution in [1.29, 1.82) is 0 Å². The fourth-order valence-corrected chi connectivity index (χ4v) is 4.72. The molecule has 5 aromatic rings. The van der Waals surface area contributed by atoms with Crippen molar-refractivity contribution in [1.82, 2.24) is 25.1 Å². The van der Waals surface area contributed by atoms with Crippen molar-refractivity contribution in [2.24, 2.45) is 5.92 Å². The van der Waals surface area contributed by atoms with Crippen molar-refractivity contribution in [3.8, 4) is 11.4 Å². The van der Waals surface area contributed by atoms with Crippen LogP contribution in [0.4, 0.5) is 4.39 Å². The van der Waals surface area contributed by atoms with E-state index >= 15 is 0 Å². The number of hydrogen-bond acceptors (Lipinski definition) is 7. The summed E-state index contributed by atoms with van der Waals surface area (Å²) in [4.78, 5) is 45.0. The van der Waals surface area contributed by atoms with Crippen LogP contribution in [0, 0.1) is 11.7 Å². The molecular formula is C32H30FN5O4. The van der Waals surface area contributed by atoms with E-state index in [-0.39, 0.29) is 35.6 Å². The van der Waals surface area contributed by atoms with Gasteiger partial charge in [-0.15, -0.1) is 10.2 Å². The molecule has 0 radical (unpaired) electrons. The molecule has 1 amide bonds. The molecule has 2 aromatic heterocycles. The molecule has 0 aliphatic rings. The van der Waals surface area contributed by atoms with Crippen LogP contribution in [0.3, 0.4) is 0 Å². The number of para-hydroxylation sites is 1. The van der Waals surface area contributed by atoms with Gasteiger partial charge in [-0.2, -0.15) is 0 Å². The number of hydrogen-bond donors (Lipinski definition) is 1. The molecule has 0 bridgehead atoms. The molecule has 5 rings (SSSR count). The summed E-state index contributed by atoms with van der Waals surface area (Å²) in [5.41, 5.74) is 0.750. The molecule has 10 heteroatoms. The predicted molar refractivity (Wildman–Crippen MR) is 155 cm³/mol. The molecule has 214 valence electrons. The molecule has 42 heavy (non-hydrogen) atoms. The Hall–Kier alpha value is -4.99. The van der Waals surface area contributed by atoms with Crippen molar-refractivity contribution < 1.29 is 18.4 Å². The van der Waals surface area contributed by atoms with E-state index in [0.29, 0.717) is 22.3 Å². The number of nitrogens with zero attached hydrogens (tertiary/aromatic N) is 4. The van der Waals surface area contributed by atoms with Gasteiger partial charge in [-0.05, 0) is 49.6 Å². The second-order valence-corrected chi connectivity index (χ2v) is 10.9. The first-order valence-electron chi connectivity index (χ1n) is 13.5. The molecule has 0 aliphatic heterocycles. The highest BCUT2D eigenvalue weighted by molar-refractivity contribution is 5.98. The monoisotopic (exact) mass is 567 g/mol. The van der Waals surface area contributed by atoms with Gasteiger partial charge in [0.2, 0.25) is 17.6 Å². The van der Waals surface area contributed by atoms with Gasteiger partial charge in [-0.1, -0.05) is 68.4 Å². The van der Waals surface area contributed by atoms with Crippen LogP contribution in [0.1, 0.15) is 49.8 Å². The summed E-state index contributed by atoms with van der Waals surface area (Å²) in [7, 11) is 0. The van der Waals surface area contributed by atoms with E-state index < -0.39 is 23.1 Å². The van der Waals surface area contributed by atoms with Crippen molar-refractivity contribution in [2.75, 3.05) is 0 Å². The second-order valence-electron chi connectivity index (χ2n) is 10.9. The van der Waals surface area contributed by atoms with Crippen LogP contribution < -0.4 is 10.9 Å². The van der Waals surface area contributed by atoms with Crippen LogP contribution in [0.2, 0.25) is 0 Å². The molecule has 0 aliphatic carbocycles. The van der Waals surface area contributed by atoms with Crippen molar-refractivity contribution in [3.63, 3.8) is 0 Å². The van der Waals surface area contributed by atoms with Gasteiger partial charge in [0.1, 0.15) is 18.2 Å². The van der Waals surface area contributed by atoms with E-state index in [4.69, 9.17) is 4.42 Å². The van der Waals surface area contributed by atoms with E-state index in [1.165, 1.54) is 16.7 Å². The lowest BCUT2D eigenvalue weighted by molar-refractivity contribution is -0.122. The highest BCUT2D eigenvalue weighted by atomic mass is 19.1. The Balaban J connectivity index is 1.41. The minimum absolute atomic E-state index is 0.174. The number of benzene rings is 3. The van der Waals surface area contributed by atoms with E-state index in [0.717, 1.165) is 5.56 Å². The Morgan fingerprint density at radius 1 is 0.952 bits per heavy atom. The Morgan fingerprint density at radius 2 is 1.62 bits per heavy atom. The first kappa shape index (κ1) is 28.5. The van der Waals surface area contributed by atoms with Crippen LogP contribution in [0.25, 0.3) is 22.3 Å². The lowest BCUT2D eigenvalue weighted by atomic mass is 9.84. The number of nitrogens with one attached hydrogen (secondary N) is 1. The fourth-order valence-electron chi connectivity index (χ4n) is 4.72. The molecule has 1 atom stereocenters. The number of fused-ring (bicyclic) bond motifs is 1. The van der Waals surface area contributed by atoms with Crippen LogP contribution in [0.5, 0.6) is 0 Å². The minimum atomic E-state index is -0.996. The van der Waals surface area contributed by atoms with Gasteiger partial charge in [0.15, 0.2) is 0 Å². The average Bonchev–Trinajstić information content (AvgIpc) is 3.49. The van der Waals surface area contributed by atoms with Gasteiger partial charge in [-0.25, -0.2) is 9.37 Å². The first-order valence-corrected chi connectivity index (χ1v) is 13.5. The summed E-state index contributed by atoms with van der Waals surface area (Å²) in [6.07, 6.45) is 0. The third-order valence-corrected chi connectivity index (χ3v) is 7.20. The molecule has 2 heterocycles. The van der Waals surface area contributed by atoms with Crippen LogP contribution in [0.15, 0.2) is 88.1 Å². The van der Waals surface area contributed by atoms with E-state index in [2.05, 4.69) is 20.5 Å². The number of carbonyl (C=O) groups is 2. The number of rotatable bonds is 9. The van der Waals surface area contributed by atoms with Gasteiger partial charge >= 0.3 is 0 Å². The van der Waals surface area contributed by atoms with Crippen molar-refractivity contribution in [2.45, 2.75) is 45.7 Å². The van der Waals surface area contributed by atoms with Crippen LogP contribution >= 0.6 is 0 Å². The average molecular weight is 568 g/mol. The summed E-state index contributed by atoms with van der Waals surface area (Å²) in [5.74, 6) is -1.55. The highest BCUT2D eigenvalue weighted by Crippen LogP contribution is 2.31. The maximum atomic E-state index is 13.5.